The van der Waals surface area contributed by atoms with Gasteiger partial charge >= 0.3 is 0 Å². The van der Waals surface area contributed by atoms with E-state index in [1.807, 2.05) is 0 Å². The minimum absolute atomic E-state index is 0.510. The summed E-state index contributed by atoms with van der Waals surface area (Å²) in [5.74, 6) is 1.69. The van der Waals surface area contributed by atoms with E-state index in [0.717, 1.165) is 71.4 Å². The number of aromatic nitrogens is 5. The molecule has 0 saturated heterocycles. The van der Waals surface area contributed by atoms with Gasteiger partial charge in [0.1, 0.15) is 0 Å². The van der Waals surface area contributed by atoms with E-state index in [4.69, 9.17) is 15.0 Å². The fourth-order valence-corrected chi connectivity index (χ4v) is 12.1. The van der Waals surface area contributed by atoms with Gasteiger partial charge in [-0.25, -0.2) is 0 Å². The van der Waals surface area contributed by atoms with Gasteiger partial charge < -0.3 is 0 Å². The highest BCUT2D eigenvalue weighted by atomic mass is 15.3. The summed E-state index contributed by atoms with van der Waals surface area (Å²) in [6, 6.07) is 85.4. The van der Waals surface area contributed by atoms with Crippen molar-refractivity contribution < 1.29 is 0 Å². The summed E-state index contributed by atoms with van der Waals surface area (Å²) in [6.07, 6.45) is 0. The molecule has 0 unspecified atom stereocenters. The van der Waals surface area contributed by atoms with Crippen LogP contribution >= 0.6 is 0 Å². The van der Waals surface area contributed by atoms with E-state index in [1.54, 1.807) is 0 Å². The fourth-order valence-electron chi connectivity index (χ4n) is 12.1. The van der Waals surface area contributed by atoms with Gasteiger partial charge in [-0.2, -0.15) is 15.0 Å². The van der Waals surface area contributed by atoms with Gasteiger partial charge in [-0.3, -0.25) is 9.13 Å². The van der Waals surface area contributed by atoms with Crippen molar-refractivity contribution in [2.24, 2.45) is 0 Å². The van der Waals surface area contributed by atoms with E-state index in [-0.39, 0.29) is 0 Å². The van der Waals surface area contributed by atoms with Gasteiger partial charge in [0.05, 0.1) is 27.5 Å². The zero-order valence-electron chi connectivity index (χ0n) is 37.3. The Bertz CT molecular complexity index is 4190. The average molecular weight is 878 g/mol. The third kappa shape index (κ3) is 5.21. The maximum absolute atomic E-state index is 5.66. The van der Waals surface area contributed by atoms with Crippen molar-refractivity contribution >= 4 is 43.6 Å². The van der Waals surface area contributed by atoms with Crippen LogP contribution in [-0.2, 0) is 5.41 Å². The molecule has 0 fully saturated rings. The highest BCUT2D eigenvalue weighted by molar-refractivity contribution is 6.17. The summed E-state index contributed by atoms with van der Waals surface area (Å²) in [7, 11) is 0. The van der Waals surface area contributed by atoms with Gasteiger partial charge in [0.2, 0.25) is 11.9 Å². The number of para-hydroxylation sites is 2. The zero-order chi connectivity index (χ0) is 45.2. The molecule has 0 N–H and O–H groups in total. The first-order chi connectivity index (χ1) is 34.3. The predicted molar refractivity (Wildman–Crippen MR) is 281 cm³/mol. The molecule has 10 aromatic carbocycles. The summed E-state index contributed by atoms with van der Waals surface area (Å²) in [4.78, 5) is 16.7. The Balaban J connectivity index is 1.06. The third-order valence-corrected chi connectivity index (χ3v) is 14.8. The molecule has 69 heavy (non-hydrogen) atoms. The van der Waals surface area contributed by atoms with Crippen LogP contribution in [0, 0.1) is 0 Å². The second-order valence-corrected chi connectivity index (χ2v) is 18.2. The molecule has 15 rings (SSSR count). The Kier molecular flexibility index (Phi) is 7.93. The number of hydrogen-bond donors (Lipinski definition) is 0. The largest absolute Gasteiger partial charge is 0.278 e. The number of fused-ring (bicyclic) bond motifs is 17. The second kappa shape index (κ2) is 14.4. The minimum atomic E-state index is -0.510. The quantitative estimate of drug-likeness (QED) is 0.173. The lowest BCUT2D eigenvalue weighted by atomic mass is 9.70. The van der Waals surface area contributed by atoms with E-state index in [0.29, 0.717) is 17.7 Å². The average Bonchev–Trinajstić information content (AvgIpc) is 4.14. The van der Waals surface area contributed by atoms with E-state index >= 15 is 0 Å². The Morgan fingerprint density at radius 2 is 0.783 bits per heavy atom. The first-order valence-corrected chi connectivity index (χ1v) is 23.6. The molecule has 320 valence electrons. The molecule has 0 bridgehead atoms. The third-order valence-electron chi connectivity index (χ3n) is 14.8. The SMILES string of the molecule is c1ccc(-c2ccc(-c3nc(-n4c5ccccc5c5c(-c6ccccc6)cccc54)nc(-n4c5ccccc5c5ccc6c(c54)-c4ccccc4C64c5ccccc5-c5ccccc54)n3)cc2)cc1. The Hall–Kier alpha value is -9.19. The van der Waals surface area contributed by atoms with Gasteiger partial charge in [-0.15, -0.1) is 0 Å². The Labute approximate surface area is 397 Å². The Morgan fingerprint density at radius 1 is 0.290 bits per heavy atom. The molecule has 1 spiro atoms. The molecule has 5 nitrogen and oxygen atoms in total. The lowest BCUT2D eigenvalue weighted by molar-refractivity contribution is 0.794. The van der Waals surface area contributed by atoms with Crippen LogP contribution in [0.4, 0.5) is 0 Å². The lowest BCUT2D eigenvalue weighted by Crippen LogP contribution is -2.25. The molecule has 3 aromatic heterocycles. The van der Waals surface area contributed by atoms with E-state index in [9.17, 15) is 0 Å². The fraction of sp³-hybridized carbons (Fsp3) is 0.0156. The maximum Gasteiger partial charge on any atom is 0.240 e. The second-order valence-electron chi connectivity index (χ2n) is 18.2. The smallest absolute Gasteiger partial charge is 0.240 e. The predicted octanol–water partition coefficient (Wildman–Crippen LogP) is 15.4. The summed E-state index contributed by atoms with van der Waals surface area (Å²) in [5, 5.41) is 4.58. The maximum atomic E-state index is 5.66. The van der Waals surface area contributed by atoms with Crippen LogP contribution in [0.3, 0.4) is 0 Å². The number of nitrogens with zero attached hydrogens (tertiary/aromatic N) is 5. The number of hydrogen-bond acceptors (Lipinski definition) is 3. The molecule has 0 saturated carbocycles. The van der Waals surface area contributed by atoms with E-state index in [2.05, 4.69) is 246 Å². The molecule has 2 aliphatic rings. The van der Waals surface area contributed by atoms with Crippen LogP contribution in [0.5, 0.6) is 0 Å². The van der Waals surface area contributed by atoms with E-state index < -0.39 is 5.41 Å². The monoisotopic (exact) mass is 877 g/mol. The van der Waals surface area contributed by atoms with Crippen molar-refractivity contribution in [3.8, 4) is 67.8 Å². The van der Waals surface area contributed by atoms with Crippen molar-refractivity contribution in [1.82, 2.24) is 24.1 Å². The summed E-state index contributed by atoms with van der Waals surface area (Å²) >= 11 is 0. The number of benzene rings is 10. The minimum Gasteiger partial charge on any atom is -0.278 e. The van der Waals surface area contributed by atoms with Crippen LogP contribution in [0.2, 0.25) is 0 Å². The Morgan fingerprint density at radius 3 is 1.48 bits per heavy atom. The lowest BCUT2D eigenvalue weighted by Gasteiger charge is -2.30. The molecule has 0 aliphatic heterocycles. The van der Waals surface area contributed by atoms with Crippen molar-refractivity contribution in [1.29, 1.82) is 0 Å². The summed E-state index contributed by atoms with van der Waals surface area (Å²) in [5.41, 5.74) is 19.3. The van der Waals surface area contributed by atoms with Crippen LogP contribution in [0.25, 0.3) is 111 Å². The highest BCUT2D eigenvalue weighted by Gasteiger charge is 2.52. The first kappa shape index (κ1) is 38.0. The molecule has 0 radical (unpaired) electrons. The van der Waals surface area contributed by atoms with Crippen molar-refractivity contribution in [2.75, 3.05) is 0 Å². The van der Waals surface area contributed by atoms with E-state index in [1.165, 1.54) is 44.5 Å². The van der Waals surface area contributed by atoms with Gasteiger partial charge in [-0.1, -0.05) is 218 Å². The van der Waals surface area contributed by atoms with Crippen LogP contribution in [-0.4, -0.2) is 24.1 Å². The molecule has 2 aliphatic carbocycles. The van der Waals surface area contributed by atoms with Crippen LogP contribution in [0.1, 0.15) is 22.3 Å². The first-order valence-electron chi connectivity index (χ1n) is 23.6. The molecule has 0 atom stereocenters. The number of rotatable bonds is 5. The summed E-state index contributed by atoms with van der Waals surface area (Å²) < 4.78 is 4.56. The van der Waals surface area contributed by atoms with Gasteiger partial charge in [-0.05, 0) is 79.4 Å². The molecule has 3 heterocycles. The zero-order valence-corrected chi connectivity index (χ0v) is 37.3. The highest BCUT2D eigenvalue weighted by Crippen LogP contribution is 2.64. The van der Waals surface area contributed by atoms with Crippen molar-refractivity contribution in [3.63, 3.8) is 0 Å². The summed E-state index contributed by atoms with van der Waals surface area (Å²) in [6.45, 7) is 0. The molecule has 0 amide bonds. The van der Waals surface area contributed by atoms with Gasteiger partial charge in [0.25, 0.3) is 0 Å². The van der Waals surface area contributed by atoms with Crippen LogP contribution in [0.15, 0.2) is 237 Å². The van der Waals surface area contributed by atoms with Gasteiger partial charge in [0, 0.05) is 32.7 Å². The topological polar surface area (TPSA) is 48.5 Å². The normalized spacial score (nSPS) is 13.0. The molecule has 13 aromatic rings. The molecular weight excluding hydrogens is 839 g/mol. The van der Waals surface area contributed by atoms with Gasteiger partial charge in [0.15, 0.2) is 5.82 Å². The van der Waals surface area contributed by atoms with Crippen molar-refractivity contribution in [3.05, 3.63) is 259 Å². The molecule has 5 heteroatoms. The molecular formula is C64H39N5. The van der Waals surface area contributed by atoms with Crippen LogP contribution < -0.4 is 0 Å². The van der Waals surface area contributed by atoms with Crippen molar-refractivity contribution in [2.45, 2.75) is 5.41 Å². The standard InChI is InChI=1S/C64H39N5/c1-3-18-40(19-4-1)41-34-36-43(37-35-41)61-65-62(68-56-32-16-11-26-50(56)58-44(27-17-33-57(58)68)42-20-5-2-6-21-42)67-63(66-61)69-55-31-15-10-24-47(55)48-38-39-54-59(60(48)69)49-25-9-14-30-53(49)64(54)51-28-12-7-22-45(51)46-23-8-13-29-52(46)64/h1-39H.